The van der Waals surface area contributed by atoms with Crippen LogP contribution in [0.25, 0.3) is 0 Å². The fourth-order valence-electron chi connectivity index (χ4n) is 5.11. The van der Waals surface area contributed by atoms with Crippen LogP contribution in [0.3, 0.4) is 0 Å². The second kappa shape index (κ2) is 4.63. The van der Waals surface area contributed by atoms with E-state index in [1.165, 1.54) is 43.9 Å². The Morgan fingerprint density at radius 1 is 0.875 bits per heavy atom. The van der Waals surface area contributed by atoms with Crippen molar-refractivity contribution in [1.82, 2.24) is 0 Å². The van der Waals surface area contributed by atoms with Crippen LogP contribution >= 0.6 is 15.9 Å². The molecule has 0 radical (unpaired) electrons. The quantitative estimate of drug-likeness (QED) is 0.485. The molecule has 3 fully saturated rings. The molecule has 3 unspecified atom stereocenters. The molecule has 2 bridgehead atoms. The molecule has 3 atom stereocenters. The molecule has 0 aliphatic heterocycles. The monoisotopic (exact) mass is 284 g/mol. The minimum atomic E-state index is 0.729. The van der Waals surface area contributed by atoms with E-state index in [0.29, 0.717) is 0 Å². The van der Waals surface area contributed by atoms with E-state index in [0.717, 1.165) is 23.2 Å². The molecule has 0 amide bonds. The molecule has 16 heavy (non-hydrogen) atoms. The Hall–Kier alpha value is 0.480. The molecule has 0 nitrogen and oxygen atoms in total. The number of hydrogen-bond acceptors (Lipinski definition) is 0. The summed E-state index contributed by atoms with van der Waals surface area (Å²) >= 11 is 3.90. The van der Waals surface area contributed by atoms with Crippen molar-refractivity contribution in [2.24, 2.45) is 23.2 Å². The van der Waals surface area contributed by atoms with Gasteiger partial charge in [0.15, 0.2) is 0 Å². The lowest BCUT2D eigenvalue weighted by Gasteiger charge is -2.43. The Balaban J connectivity index is 1.78. The summed E-state index contributed by atoms with van der Waals surface area (Å²) in [5.74, 6) is 3.25. The van der Waals surface area contributed by atoms with Gasteiger partial charge in [0, 0.05) is 5.33 Å². The van der Waals surface area contributed by atoms with Gasteiger partial charge in [-0.1, -0.05) is 48.0 Å². The van der Waals surface area contributed by atoms with Crippen LogP contribution < -0.4 is 0 Å². The van der Waals surface area contributed by atoms with Gasteiger partial charge in [-0.25, -0.2) is 0 Å². The maximum atomic E-state index is 3.90. The first-order valence-corrected chi connectivity index (χ1v) is 8.53. The van der Waals surface area contributed by atoms with Crippen LogP contribution in [0.5, 0.6) is 0 Å². The maximum absolute atomic E-state index is 3.90. The van der Waals surface area contributed by atoms with E-state index in [1.54, 1.807) is 25.7 Å². The highest BCUT2D eigenvalue weighted by Gasteiger charge is 2.53. The van der Waals surface area contributed by atoms with Crippen molar-refractivity contribution in [2.75, 3.05) is 5.33 Å². The predicted molar refractivity (Wildman–Crippen MR) is 72.9 cm³/mol. The van der Waals surface area contributed by atoms with Crippen molar-refractivity contribution in [1.29, 1.82) is 0 Å². The smallest absolute Gasteiger partial charge is 0.00933 e. The lowest BCUT2D eigenvalue weighted by atomic mass is 9.64. The molecular formula is C15H25Br. The van der Waals surface area contributed by atoms with E-state index < -0.39 is 0 Å². The molecule has 0 heterocycles. The van der Waals surface area contributed by atoms with E-state index >= 15 is 0 Å². The molecular weight excluding hydrogens is 260 g/mol. The lowest BCUT2D eigenvalue weighted by molar-refractivity contribution is 0.0916. The van der Waals surface area contributed by atoms with E-state index in [2.05, 4.69) is 15.9 Å². The van der Waals surface area contributed by atoms with Gasteiger partial charge in [-0.2, -0.15) is 0 Å². The molecule has 0 spiro atoms. The Kier molecular flexibility index (Phi) is 3.35. The molecule has 1 heteroatoms. The topological polar surface area (TPSA) is 0 Å². The van der Waals surface area contributed by atoms with Crippen molar-refractivity contribution >= 4 is 15.9 Å². The highest BCUT2D eigenvalue weighted by atomic mass is 79.9. The zero-order valence-electron chi connectivity index (χ0n) is 10.4. The van der Waals surface area contributed by atoms with Crippen LogP contribution in [0.1, 0.15) is 64.2 Å². The molecule has 3 aliphatic rings. The second-order valence-corrected chi connectivity index (χ2v) is 7.20. The van der Waals surface area contributed by atoms with Gasteiger partial charge >= 0.3 is 0 Å². The zero-order chi connectivity index (χ0) is 11.0. The summed E-state index contributed by atoms with van der Waals surface area (Å²) in [7, 11) is 0. The summed E-state index contributed by atoms with van der Waals surface area (Å²) in [5.41, 5.74) is 0.729. The van der Waals surface area contributed by atoms with Gasteiger partial charge in [0.05, 0.1) is 0 Å². The first-order chi connectivity index (χ1) is 7.85. The maximum Gasteiger partial charge on any atom is 0.00933 e. The second-order valence-electron chi connectivity index (χ2n) is 6.64. The van der Waals surface area contributed by atoms with Crippen LogP contribution in [0.15, 0.2) is 0 Å². The predicted octanol–water partition coefficient (Wildman–Crippen LogP) is 5.16. The Labute approximate surface area is 109 Å². The Morgan fingerprint density at radius 3 is 2.12 bits per heavy atom. The molecule has 0 saturated heterocycles. The van der Waals surface area contributed by atoms with Gasteiger partial charge in [-0.15, -0.1) is 0 Å². The van der Waals surface area contributed by atoms with Crippen molar-refractivity contribution in [3.63, 3.8) is 0 Å². The molecule has 3 rings (SSSR count). The van der Waals surface area contributed by atoms with E-state index in [-0.39, 0.29) is 0 Å². The van der Waals surface area contributed by atoms with Crippen molar-refractivity contribution < 1.29 is 0 Å². The van der Waals surface area contributed by atoms with Gasteiger partial charge in [0.1, 0.15) is 0 Å². The Morgan fingerprint density at radius 2 is 1.62 bits per heavy atom. The van der Waals surface area contributed by atoms with E-state index in [4.69, 9.17) is 0 Å². The highest BCUT2D eigenvalue weighted by molar-refractivity contribution is 9.09. The highest BCUT2D eigenvalue weighted by Crippen LogP contribution is 2.61. The summed E-state index contributed by atoms with van der Waals surface area (Å²) in [5, 5.41) is 1.30. The van der Waals surface area contributed by atoms with Crippen molar-refractivity contribution in [3.8, 4) is 0 Å². The van der Waals surface area contributed by atoms with Crippen LogP contribution in [0.4, 0.5) is 0 Å². The van der Waals surface area contributed by atoms with E-state index in [1.807, 2.05) is 0 Å². The first-order valence-electron chi connectivity index (χ1n) is 7.41. The SMILES string of the molecule is BrCC1(C2CCCCCC2)CC2CCC1C2. The van der Waals surface area contributed by atoms with Crippen LogP contribution in [0, 0.1) is 23.2 Å². The number of halogens is 1. The lowest BCUT2D eigenvalue weighted by Crippen LogP contribution is -2.37. The molecule has 3 saturated carbocycles. The normalized spacial score (nSPS) is 44.8. The number of fused-ring (bicyclic) bond motifs is 2. The summed E-state index contributed by atoms with van der Waals surface area (Å²) in [6.07, 6.45) is 15.3. The third-order valence-corrected chi connectivity index (χ3v) is 6.98. The largest absolute Gasteiger partial charge is 0.0922 e. The van der Waals surface area contributed by atoms with Gasteiger partial charge in [-0.3, -0.25) is 0 Å². The van der Waals surface area contributed by atoms with Gasteiger partial charge in [0.2, 0.25) is 0 Å². The van der Waals surface area contributed by atoms with Crippen molar-refractivity contribution in [3.05, 3.63) is 0 Å². The van der Waals surface area contributed by atoms with Gasteiger partial charge < -0.3 is 0 Å². The summed E-state index contributed by atoms with van der Waals surface area (Å²) in [6, 6.07) is 0. The van der Waals surface area contributed by atoms with Crippen LogP contribution in [0.2, 0.25) is 0 Å². The summed E-state index contributed by atoms with van der Waals surface area (Å²) in [4.78, 5) is 0. The fraction of sp³-hybridized carbons (Fsp3) is 1.00. The number of rotatable bonds is 2. The molecule has 0 N–H and O–H groups in total. The van der Waals surface area contributed by atoms with E-state index in [9.17, 15) is 0 Å². The molecule has 92 valence electrons. The van der Waals surface area contributed by atoms with Crippen LogP contribution in [-0.4, -0.2) is 5.33 Å². The summed E-state index contributed by atoms with van der Waals surface area (Å²) < 4.78 is 0. The third kappa shape index (κ3) is 1.78. The van der Waals surface area contributed by atoms with Crippen molar-refractivity contribution in [2.45, 2.75) is 64.2 Å². The average Bonchev–Trinajstić information content (AvgIpc) is 2.80. The molecule has 0 aromatic carbocycles. The molecule has 0 aromatic heterocycles. The number of alkyl halides is 1. The molecule has 0 aromatic rings. The summed E-state index contributed by atoms with van der Waals surface area (Å²) in [6.45, 7) is 0. The standard InChI is InChI=1S/C15H25Br/c16-11-15(10-12-7-8-14(15)9-12)13-5-3-1-2-4-6-13/h12-14H,1-11H2. The minimum absolute atomic E-state index is 0.729. The Bertz CT molecular complexity index is 242. The van der Waals surface area contributed by atoms with Gasteiger partial charge in [-0.05, 0) is 55.3 Å². The first kappa shape index (κ1) is 11.6. The van der Waals surface area contributed by atoms with Crippen LogP contribution in [-0.2, 0) is 0 Å². The minimum Gasteiger partial charge on any atom is -0.0922 e. The zero-order valence-corrected chi connectivity index (χ0v) is 12.0. The fourth-order valence-corrected chi connectivity index (χ4v) is 6.26. The van der Waals surface area contributed by atoms with Gasteiger partial charge in [0.25, 0.3) is 0 Å². The molecule has 3 aliphatic carbocycles. The average molecular weight is 285 g/mol. The number of hydrogen-bond donors (Lipinski definition) is 0. The third-order valence-electron chi connectivity index (χ3n) is 5.94.